The lowest BCUT2D eigenvalue weighted by atomic mass is 10.2. The number of benzene rings is 1. The van der Waals surface area contributed by atoms with E-state index in [9.17, 15) is 9.59 Å². The van der Waals surface area contributed by atoms with Crippen LogP contribution in [-0.2, 0) is 7.05 Å². The summed E-state index contributed by atoms with van der Waals surface area (Å²) in [5, 5.41) is 9.41. The zero-order valence-electron chi connectivity index (χ0n) is 14.4. The van der Waals surface area contributed by atoms with Gasteiger partial charge in [-0.1, -0.05) is 0 Å². The number of hydrogen-bond donors (Lipinski definition) is 0. The smallest absolute Gasteiger partial charge is 0.354 e. The summed E-state index contributed by atoms with van der Waals surface area (Å²) in [6.45, 7) is 3.85. The summed E-state index contributed by atoms with van der Waals surface area (Å²) in [6, 6.07) is 6.58. The van der Waals surface area contributed by atoms with Crippen LogP contribution in [0.5, 0.6) is 11.5 Å². The molecule has 0 atom stereocenters. The molecule has 0 aliphatic carbocycles. The van der Waals surface area contributed by atoms with Crippen LogP contribution in [0.2, 0.25) is 0 Å². The third-order valence-electron chi connectivity index (χ3n) is 3.77. The predicted molar refractivity (Wildman–Crippen MR) is 96.9 cm³/mol. The Balaban J connectivity index is 2.00. The molecule has 0 unspecified atom stereocenters. The van der Waals surface area contributed by atoms with Gasteiger partial charge in [0.2, 0.25) is 0 Å². The van der Waals surface area contributed by atoms with Crippen molar-refractivity contribution in [1.82, 2.24) is 9.55 Å². The lowest BCUT2D eigenvalue weighted by molar-refractivity contribution is 0.0733. The van der Waals surface area contributed by atoms with Crippen molar-refractivity contribution >= 4 is 27.5 Å². The number of esters is 1. The molecule has 2 heterocycles. The highest BCUT2D eigenvalue weighted by Gasteiger charge is 2.22. The minimum Gasteiger partial charge on any atom is -0.490 e. The van der Waals surface area contributed by atoms with Crippen LogP contribution in [0.15, 0.2) is 29.3 Å². The largest absolute Gasteiger partial charge is 0.490 e. The summed E-state index contributed by atoms with van der Waals surface area (Å²) >= 11 is 1.11. The number of carbonyl (C=O) groups excluding carboxylic acids is 1. The number of fused-ring (bicyclic) bond motifs is 1. The van der Waals surface area contributed by atoms with Gasteiger partial charge in [-0.2, -0.15) is 5.26 Å². The zero-order chi connectivity index (χ0) is 18.8. The van der Waals surface area contributed by atoms with Crippen LogP contribution < -0.4 is 15.0 Å². The molecular formula is C18H15N3O4S. The van der Waals surface area contributed by atoms with Crippen LogP contribution in [0, 0.1) is 18.3 Å². The quantitative estimate of drug-likeness (QED) is 0.518. The molecule has 132 valence electrons. The van der Waals surface area contributed by atoms with E-state index in [0.29, 0.717) is 38.6 Å². The molecule has 0 spiro atoms. The molecule has 1 aromatic carbocycles. The summed E-state index contributed by atoms with van der Waals surface area (Å²) in [5.74, 6) is -0.0699. The molecule has 26 heavy (non-hydrogen) atoms. The maximum Gasteiger partial charge on any atom is 0.354 e. The molecule has 0 aliphatic heterocycles. The van der Waals surface area contributed by atoms with Gasteiger partial charge in [-0.15, -0.1) is 11.3 Å². The average molecular weight is 369 g/mol. The minimum absolute atomic E-state index is 0.212. The maximum atomic E-state index is 12.6. The number of nitriles is 1. The van der Waals surface area contributed by atoms with Crippen LogP contribution in [0.3, 0.4) is 0 Å². The van der Waals surface area contributed by atoms with E-state index in [-0.39, 0.29) is 11.3 Å². The highest BCUT2D eigenvalue weighted by molar-refractivity contribution is 7.20. The van der Waals surface area contributed by atoms with Crippen molar-refractivity contribution in [2.24, 2.45) is 7.05 Å². The maximum absolute atomic E-state index is 12.6. The van der Waals surface area contributed by atoms with Crippen LogP contribution in [0.25, 0.3) is 10.2 Å². The summed E-state index contributed by atoms with van der Waals surface area (Å²) in [4.78, 5) is 29.9. The van der Waals surface area contributed by atoms with E-state index in [1.807, 2.05) is 6.07 Å². The molecule has 0 saturated heterocycles. The number of aryl methyl sites for hydroxylation is 2. The predicted octanol–water partition coefficient (Wildman–Crippen LogP) is 2.79. The van der Waals surface area contributed by atoms with E-state index in [1.54, 1.807) is 27.0 Å². The molecule has 0 aliphatic rings. The fraction of sp³-hybridized carbons (Fsp3) is 0.222. The number of ether oxygens (including phenoxy) is 2. The molecule has 0 amide bonds. The van der Waals surface area contributed by atoms with Crippen molar-refractivity contribution in [3.8, 4) is 17.6 Å². The van der Waals surface area contributed by atoms with Gasteiger partial charge in [0.05, 0.1) is 30.0 Å². The molecule has 3 aromatic rings. The van der Waals surface area contributed by atoms with E-state index in [2.05, 4.69) is 4.98 Å². The van der Waals surface area contributed by atoms with Crippen molar-refractivity contribution in [1.29, 1.82) is 5.26 Å². The summed E-state index contributed by atoms with van der Waals surface area (Å²) < 4.78 is 12.3. The third-order valence-corrected chi connectivity index (χ3v) is 4.95. The number of aromatic nitrogens is 2. The Morgan fingerprint density at radius 1 is 1.38 bits per heavy atom. The van der Waals surface area contributed by atoms with Crippen molar-refractivity contribution in [2.45, 2.75) is 13.8 Å². The lowest BCUT2D eigenvalue weighted by Crippen LogP contribution is -2.17. The summed E-state index contributed by atoms with van der Waals surface area (Å²) in [7, 11) is 1.61. The SMILES string of the molecule is CCOc1cc(C#N)ccc1OC(=O)c1sc2ncn(C)c(=O)c2c1C. The van der Waals surface area contributed by atoms with Crippen molar-refractivity contribution in [2.75, 3.05) is 6.61 Å². The van der Waals surface area contributed by atoms with Gasteiger partial charge in [0.25, 0.3) is 5.56 Å². The van der Waals surface area contributed by atoms with Crippen molar-refractivity contribution in [3.05, 3.63) is 50.9 Å². The normalized spacial score (nSPS) is 10.5. The van der Waals surface area contributed by atoms with E-state index < -0.39 is 5.97 Å². The third kappa shape index (κ3) is 3.05. The molecule has 8 heteroatoms. The zero-order valence-corrected chi connectivity index (χ0v) is 15.2. The molecule has 0 bridgehead atoms. The second-order valence-electron chi connectivity index (χ2n) is 5.49. The van der Waals surface area contributed by atoms with Crippen LogP contribution >= 0.6 is 11.3 Å². The van der Waals surface area contributed by atoms with Gasteiger partial charge in [-0.05, 0) is 31.5 Å². The van der Waals surface area contributed by atoms with Gasteiger partial charge < -0.3 is 14.0 Å². The molecule has 0 saturated carbocycles. The average Bonchev–Trinajstić information content (AvgIpc) is 2.97. The molecule has 2 aromatic heterocycles. The molecule has 7 nitrogen and oxygen atoms in total. The molecule has 0 fully saturated rings. The fourth-order valence-electron chi connectivity index (χ4n) is 2.48. The Labute approximate surface area is 153 Å². The van der Waals surface area contributed by atoms with Gasteiger partial charge in [-0.3, -0.25) is 4.79 Å². The van der Waals surface area contributed by atoms with Gasteiger partial charge in [0.1, 0.15) is 9.71 Å². The van der Waals surface area contributed by atoms with E-state index >= 15 is 0 Å². The molecule has 0 radical (unpaired) electrons. The number of nitrogens with zero attached hydrogens (tertiary/aromatic N) is 3. The molecular weight excluding hydrogens is 354 g/mol. The monoisotopic (exact) mass is 369 g/mol. The Kier molecular flexibility index (Phi) is 4.73. The molecule has 0 N–H and O–H groups in total. The van der Waals surface area contributed by atoms with Gasteiger partial charge >= 0.3 is 5.97 Å². The van der Waals surface area contributed by atoms with Crippen LogP contribution in [-0.4, -0.2) is 22.1 Å². The number of thiophene rings is 1. The number of carbonyl (C=O) groups is 1. The Bertz CT molecular complexity index is 1110. The first kappa shape index (κ1) is 17.6. The van der Waals surface area contributed by atoms with E-state index in [1.165, 1.54) is 23.0 Å². The second kappa shape index (κ2) is 6.98. The van der Waals surface area contributed by atoms with Crippen molar-refractivity contribution < 1.29 is 14.3 Å². The minimum atomic E-state index is -0.599. The summed E-state index contributed by atoms with van der Waals surface area (Å²) in [6.07, 6.45) is 1.42. The van der Waals surface area contributed by atoms with Gasteiger partial charge in [-0.25, -0.2) is 9.78 Å². The van der Waals surface area contributed by atoms with E-state index in [0.717, 1.165) is 11.3 Å². The highest BCUT2D eigenvalue weighted by atomic mass is 32.1. The van der Waals surface area contributed by atoms with Crippen molar-refractivity contribution in [3.63, 3.8) is 0 Å². The second-order valence-corrected chi connectivity index (χ2v) is 6.49. The van der Waals surface area contributed by atoms with E-state index in [4.69, 9.17) is 14.7 Å². The Morgan fingerprint density at radius 2 is 2.15 bits per heavy atom. The highest BCUT2D eigenvalue weighted by Crippen LogP contribution is 2.32. The van der Waals surface area contributed by atoms with Gasteiger partial charge in [0.15, 0.2) is 11.5 Å². The first-order valence-electron chi connectivity index (χ1n) is 7.80. The fourth-order valence-corrected chi connectivity index (χ4v) is 3.50. The molecule has 3 rings (SSSR count). The Hall–Kier alpha value is -3.18. The first-order valence-corrected chi connectivity index (χ1v) is 8.61. The first-order chi connectivity index (χ1) is 12.5. The standard InChI is InChI=1S/C18H15N3O4S/c1-4-24-13-7-11(8-19)5-6-12(13)25-18(23)15-10(2)14-16(26-15)20-9-21(3)17(14)22/h5-7,9H,4H2,1-3H3. The topological polar surface area (TPSA) is 94.2 Å². The van der Waals surface area contributed by atoms with Crippen LogP contribution in [0.1, 0.15) is 27.7 Å². The van der Waals surface area contributed by atoms with Gasteiger partial charge in [0, 0.05) is 13.1 Å². The number of rotatable bonds is 4. The summed E-state index contributed by atoms with van der Waals surface area (Å²) in [5.41, 5.74) is 0.727. The van der Waals surface area contributed by atoms with Crippen LogP contribution in [0.4, 0.5) is 0 Å². The lowest BCUT2D eigenvalue weighted by Gasteiger charge is -2.10. The Morgan fingerprint density at radius 3 is 2.85 bits per heavy atom. The number of hydrogen-bond acceptors (Lipinski definition) is 7.